The summed E-state index contributed by atoms with van der Waals surface area (Å²) in [5.74, 6) is -0.558. The fraction of sp³-hybridized carbons (Fsp3) is 0.333. The molecule has 0 aromatic rings. The van der Waals surface area contributed by atoms with Crippen molar-refractivity contribution < 1.29 is 10.0 Å². The third-order valence-corrected chi connectivity index (χ3v) is 0.324. The number of hydrogen-bond donors (Lipinski definition) is 2. The molecular weight excluding hydrogens is 96.0 g/mol. The number of rotatable bonds is 2. The number of amides is 1. The molecule has 0 saturated carbocycles. The maximum atomic E-state index is 9.75. The van der Waals surface area contributed by atoms with Crippen LogP contribution < -0.4 is 5.73 Å². The van der Waals surface area contributed by atoms with E-state index in [0.29, 0.717) is 0 Å². The van der Waals surface area contributed by atoms with Gasteiger partial charge in [-0.2, -0.15) is 0 Å². The molecule has 1 amide bonds. The van der Waals surface area contributed by atoms with E-state index in [4.69, 9.17) is 5.21 Å². The maximum Gasteiger partial charge on any atom is 0.223 e. The predicted octanol–water partition coefficient (Wildman–Crippen LogP) is -0.801. The molecule has 0 saturated heterocycles. The Bertz CT molecular complexity index is 88.9. The Kier molecular flexibility index (Phi) is 2.67. The number of nitrogens with zero attached hydrogens (tertiary/aromatic N) is 1. The minimum Gasteiger partial charge on any atom is -0.411 e. The van der Waals surface area contributed by atoms with Crippen LogP contribution in [0.3, 0.4) is 0 Å². The molecule has 0 rings (SSSR count). The Morgan fingerprint density at radius 3 is 2.71 bits per heavy atom. The highest BCUT2D eigenvalue weighted by molar-refractivity contribution is 5.88. The molecule has 0 aliphatic carbocycles. The summed E-state index contributed by atoms with van der Waals surface area (Å²) >= 11 is 0. The van der Waals surface area contributed by atoms with Crippen molar-refractivity contribution in [2.24, 2.45) is 10.9 Å². The van der Waals surface area contributed by atoms with E-state index >= 15 is 0 Å². The third-order valence-electron chi connectivity index (χ3n) is 0.324. The third kappa shape index (κ3) is 4.94. The molecule has 0 aliphatic heterocycles. The lowest BCUT2D eigenvalue weighted by Crippen LogP contribution is -2.09. The van der Waals surface area contributed by atoms with Gasteiger partial charge >= 0.3 is 0 Å². The van der Waals surface area contributed by atoms with E-state index in [2.05, 4.69) is 10.9 Å². The summed E-state index contributed by atoms with van der Waals surface area (Å²) in [7, 11) is 0. The highest BCUT2D eigenvalue weighted by Gasteiger charge is 1.85. The second kappa shape index (κ2) is 3.14. The van der Waals surface area contributed by atoms with Crippen molar-refractivity contribution >= 4 is 12.1 Å². The summed E-state index contributed by atoms with van der Waals surface area (Å²) in [5, 5.41) is 10.0. The van der Waals surface area contributed by atoms with E-state index in [9.17, 15) is 4.79 Å². The van der Waals surface area contributed by atoms with Crippen molar-refractivity contribution in [3.05, 3.63) is 0 Å². The second-order valence-electron chi connectivity index (χ2n) is 0.901. The zero-order valence-corrected chi connectivity index (χ0v) is 3.59. The van der Waals surface area contributed by atoms with Gasteiger partial charge in [0, 0.05) is 0 Å². The van der Waals surface area contributed by atoms with Crippen molar-refractivity contribution in [1.29, 1.82) is 0 Å². The molecule has 0 heterocycles. The first-order chi connectivity index (χ1) is 3.27. The van der Waals surface area contributed by atoms with Crippen LogP contribution in [-0.4, -0.2) is 17.3 Å². The van der Waals surface area contributed by atoms with Crippen molar-refractivity contribution in [2.75, 3.05) is 0 Å². The van der Waals surface area contributed by atoms with Gasteiger partial charge in [-0.3, -0.25) is 4.79 Å². The van der Waals surface area contributed by atoms with Crippen LogP contribution in [0, 0.1) is 0 Å². The molecule has 0 aromatic heterocycles. The van der Waals surface area contributed by atoms with Crippen LogP contribution in [0.25, 0.3) is 0 Å². The first kappa shape index (κ1) is 5.94. The summed E-state index contributed by atoms with van der Waals surface area (Å²) in [6.45, 7) is 0. The summed E-state index contributed by atoms with van der Waals surface area (Å²) in [6.07, 6.45) is 1.83. The molecule has 4 nitrogen and oxygen atoms in total. The highest BCUT2D eigenvalue weighted by Crippen LogP contribution is 1.65. The number of hydrogen-bond acceptors (Lipinski definition) is 3. The number of nitrogens with two attached hydrogens (primary N) is 1. The van der Waals surface area contributed by atoms with Gasteiger partial charge in [0.15, 0.2) is 0 Å². The molecule has 7 heavy (non-hydrogen) atoms. The fourth-order valence-corrected chi connectivity index (χ4v) is 0.113. The van der Waals surface area contributed by atoms with Gasteiger partial charge in [-0.25, -0.2) is 0 Å². The molecule has 0 bridgehead atoms. The maximum absolute atomic E-state index is 9.75. The van der Waals surface area contributed by atoms with Gasteiger partial charge in [0.25, 0.3) is 0 Å². The molecular formula is C3H5N2O2. The summed E-state index contributed by atoms with van der Waals surface area (Å²) in [5.41, 5.74) is 4.61. The molecule has 4 heteroatoms. The fourth-order valence-electron chi connectivity index (χ4n) is 0.113. The quantitative estimate of drug-likeness (QED) is 0.271. The Morgan fingerprint density at radius 1 is 2.00 bits per heavy atom. The van der Waals surface area contributed by atoms with Gasteiger partial charge in [-0.05, 0) is 0 Å². The van der Waals surface area contributed by atoms with E-state index in [1.807, 2.05) is 6.21 Å². The van der Waals surface area contributed by atoms with Crippen LogP contribution in [0.15, 0.2) is 5.16 Å². The van der Waals surface area contributed by atoms with Gasteiger partial charge in [0.05, 0.1) is 6.42 Å². The van der Waals surface area contributed by atoms with Crippen molar-refractivity contribution in [3.8, 4) is 0 Å². The van der Waals surface area contributed by atoms with Crippen LogP contribution in [0.5, 0.6) is 0 Å². The molecule has 0 aromatic carbocycles. The van der Waals surface area contributed by atoms with Gasteiger partial charge in [-0.15, -0.1) is 0 Å². The molecule has 1 radical (unpaired) electrons. The highest BCUT2D eigenvalue weighted by atomic mass is 16.4. The van der Waals surface area contributed by atoms with Crippen LogP contribution in [0.4, 0.5) is 0 Å². The van der Waals surface area contributed by atoms with E-state index < -0.39 is 5.91 Å². The normalized spacial score (nSPS) is 9.71. The SMILES string of the molecule is NC(=O)C/[C]=N/O. The number of carbonyl (C=O) groups excluding carboxylic acids is 1. The van der Waals surface area contributed by atoms with Crippen LogP contribution in [0.1, 0.15) is 6.42 Å². The van der Waals surface area contributed by atoms with Gasteiger partial charge in [-0.1, -0.05) is 5.16 Å². The molecule has 0 atom stereocenters. The lowest BCUT2D eigenvalue weighted by Gasteiger charge is -1.76. The molecule has 3 N–H and O–H groups in total. The lowest BCUT2D eigenvalue weighted by molar-refractivity contribution is -0.116. The Morgan fingerprint density at radius 2 is 2.57 bits per heavy atom. The smallest absolute Gasteiger partial charge is 0.223 e. The second-order valence-corrected chi connectivity index (χ2v) is 0.901. The molecule has 0 fully saturated rings. The molecule has 0 unspecified atom stereocenters. The van der Waals surface area contributed by atoms with Gasteiger partial charge in [0.1, 0.15) is 6.21 Å². The Labute approximate surface area is 40.6 Å². The zero-order chi connectivity index (χ0) is 5.70. The topological polar surface area (TPSA) is 75.7 Å². The summed E-state index contributed by atoms with van der Waals surface area (Å²) in [6, 6.07) is 0. The molecule has 39 valence electrons. The average molecular weight is 101 g/mol. The van der Waals surface area contributed by atoms with Crippen LogP contribution >= 0.6 is 0 Å². The number of primary amides is 1. The van der Waals surface area contributed by atoms with Crippen LogP contribution in [0.2, 0.25) is 0 Å². The van der Waals surface area contributed by atoms with E-state index in [1.165, 1.54) is 0 Å². The van der Waals surface area contributed by atoms with Crippen LogP contribution in [-0.2, 0) is 4.79 Å². The van der Waals surface area contributed by atoms with Gasteiger partial charge < -0.3 is 10.9 Å². The average Bonchev–Trinajstić information content (AvgIpc) is 1.61. The summed E-state index contributed by atoms with van der Waals surface area (Å²) in [4.78, 5) is 9.75. The standard InChI is InChI=1S/C3H5N2O2/c4-3(6)1-2-5-7/h7H,1H2,(H2,4,6). The number of carbonyl (C=O) groups is 1. The Hall–Kier alpha value is -1.06. The molecule has 0 aliphatic rings. The first-order valence-corrected chi connectivity index (χ1v) is 1.62. The van der Waals surface area contributed by atoms with E-state index in [1.54, 1.807) is 0 Å². The van der Waals surface area contributed by atoms with E-state index in [0.717, 1.165) is 0 Å². The lowest BCUT2D eigenvalue weighted by atomic mass is 10.5. The Balaban J connectivity index is 3.14. The van der Waals surface area contributed by atoms with Crippen molar-refractivity contribution in [2.45, 2.75) is 6.42 Å². The zero-order valence-electron chi connectivity index (χ0n) is 3.59. The van der Waals surface area contributed by atoms with Gasteiger partial charge in [0.2, 0.25) is 5.91 Å². The van der Waals surface area contributed by atoms with Crippen molar-refractivity contribution in [3.63, 3.8) is 0 Å². The largest absolute Gasteiger partial charge is 0.411 e. The van der Waals surface area contributed by atoms with E-state index in [-0.39, 0.29) is 6.42 Å². The van der Waals surface area contributed by atoms with Crippen molar-refractivity contribution in [1.82, 2.24) is 0 Å². The minimum atomic E-state index is -0.558. The molecule has 0 spiro atoms. The minimum absolute atomic E-state index is 0.128. The summed E-state index contributed by atoms with van der Waals surface area (Å²) < 4.78 is 0. The predicted molar refractivity (Wildman–Crippen MR) is 23.0 cm³/mol. The first-order valence-electron chi connectivity index (χ1n) is 1.62. The monoisotopic (exact) mass is 101 g/mol.